The standard InChI is InChI=1S/C18H19BrN2OS/c1-20-10-11-21(12-14-4-2-3-5-17(14)20)18(22)13-23-16-8-6-15(19)7-9-16/h2-9H,10-13H2,1H3. The van der Waals surface area contributed by atoms with Gasteiger partial charge in [0.05, 0.1) is 5.75 Å². The van der Waals surface area contributed by atoms with E-state index in [2.05, 4.69) is 46.1 Å². The summed E-state index contributed by atoms with van der Waals surface area (Å²) in [6.45, 7) is 2.33. The van der Waals surface area contributed by atoms with Crippen molar-refractivity contribution in [3.63, 3.8) is 0 Å². The molecule has 0 aromatic heterocycles. The van der Waals surface area contributed by atoms with Crippen molar-refractivity contribution in [3.8, 4) is 0 Å². The fraction of sp³-hybridized carbons (Fsp3) is 0.278. The van der Waals surface area contributed by atoms with Crippen LogP contribution in [0.1, 0.15) is 5.56 Å². The van der Waals surface area contributed by atoms with Gasteiger partial charge in [0.25, 0.3) is 0 Å². The number of anilines is 1. The monoisotopic (exact) mass is 390 g/mol. The van der Waals surface area contributed by atoms with Crippen LogP contribution in [0.5, 0.6) is 0 Å². The zero-order valence-electron chi connectivity index (χ0n) is 13.0. The van der Waals surface area contributed by atoms with Gasteiger partial charge in [0.1, 0.15) is 0 Å². The van der Waals surface area contributed by atoms with E-state index in [9.17, 15) is 4.79 Å². The van der Waals surface area contributed by atoms with Crippen LogP contribution in [0.3, 0.4) is 0 Å². The van der Waals surface area contributed by atoms with E-state index in [1.54, 1.807) is 11.8 Å². The molecule has 3 nitrogen and oxygen atoms in total. The minimum absolute atomic E-state index is 0.197. The summed E-state index contributed by atoms with van der Waals surface area (Å²) in [5, 5.41) is 0. The highest BCUT2D eigenvalue weighted by molar-refractivity contribution is 9.10. The summed E-state index contributed by atoms with van der Waals surface area (Å²) in [4.78, 5) is 17.9. The minimum atomic E-state index is 0.197. The maximum Gasteiger partial charge on any atom is 0.233 e. The van der Waals surface area contributed by atoms with Crippen LogP contribution >= 0.6 is 27.7 Å². The largest absolute Gasteiger partial charge is 0.373 e. The summed E-state index contributed by atoms with van der Waals surface area (Å²) in [6, 6.07) is 16.4. The van der Waals surface area contributed by atoms with E-state index in [4.69, 9.17) is 0 Å². The van der Waals surface area contributed by atoms with Crippen molar-refractivity contribution in [2.75, 3.05) is 30.8 Å². The predicted molar refractivity (Wildman–Crippen MR) is 100.0 cm³/mol. The second-order valence-electron chi connectivity index (χ2n) is 5.61. The number of nitrogens with zero attached hydrogens (tertiary/aromatic N) is 2. The zero-order valence-corrected chi connectivity index (χ0v) is 15.4. The normalized spacial score (nSPS) is 14.3. The number of carbonyl (C=O) groups excluding carboxylic acids is 1. The van der Waals surface area contributed by atoms with Gasteiger partial charge in [-0.05, 0) is 35.9 Å². The molecule has 1 aliphatic rings. The van der Waals surface area contributed by atoms with Crippen molar-refractivity contribution in [1.29, 1.82) is 0 Å². The lowest BCUT2D eigenvalue weighted by Gasteiger charge is -2.21. The van der Waals surface area contributed by atoms with Gasteiger partial charge in [-0.1, -0.05) is 34.1 Å². The molecule has 0 fully saturated rings. The van der Waals surface area contributed by atoms with Crippen molar-refractivity contribution in [1.82, 2.24) is 4.90 Å². The predicted octanol–water partition coefficient (Wildman–Crippen LogP) is 4.02. The van der Waals surface area contributed by atoms with E-state index in [1.807, 2.05) is 35.2 Å². The first-order valence-electron chi connectivity index (χ1n) is 7.58. The van der Waals surface area contributed by atoms with E-state index in [0.717, 1.165) is 22.5 Å². The second-order valence-corrected chi connectivity index (χ2v) is 7.57. The summed E-state index contributed by atoms with van der Waals surface area (Å²) in [5.74, 6) is 0.677. The molecule has 0 unspecified atom stereocenters. The van der Waals surface area contributed by atoms with Crippen molar-refractivity contribution in [2.45, 2.75) is 11.4 Å². The highest BCUT2D eigenvalue weighted by Gasteiger charge is 2.20. The fourth-order valence-electron chi connectivity index (χ4n) is 2.67. The minimum Gasteiger partial charge on any atom is -0.373 e. The molecular weight excluding hydrogens is 372 g/mol. The topological polar surface area (TPSA) is 23.6 Å². The molecule has 1 heterocycles. The highest BCUT2D eigenvalue weighted by Crippen LogP contribution is 2.25. The summed E-state index contributed by atoms with van der Waals surface area (Å²) >= 11 is 5.02. The van der Waals surface area contributed by atoms with Crippen molar-refractivity contribution in [2.24, 2.45) is 0 Å². The van der Waals surface area contributed by atoms with Gasteiger partial charge in [0.15, 0.2) is 0 Å². The van der Waals surface area contributed by atoms with Crippen molar-refractivity contribution in [3.05, 3.63) is 58.6 Å². The number of halogens is 1. The summed E-state index contributed by atoms with van der Waals surface area (Å²) in [6.07, 6.45) is 0. The van der Waals surface area contributed by atoms with E-state index < -0.39 is 0 Å². The van der Waals surface area contributed by atoms with E-state index in [1.165, 1.54) is 11.3 Å². The van der Waals surface area contributed by atoms with Crippen LogP contribution in [0.4, 0.5) is 5.69 Å². The average Bonchev–Trinajstić information content (AvgIpc) is 2.74. The van der Waals surface area contributed by atoms with Crippen LogP contribution in [-0.4, -0.2) is 36.7 Å². The number of fused-ring (bicyclic) bond motifs is 1. The lowest BCUT2D eigenvalue weighted by Crippen LogP contribution is -2.35. The van der Waals surface area contributed by atoms with Gasteiger partial charge < -0.3 is 9.80 Å². The molecule has 2 aromatic rings. The van der Waals surface area contributed by atoms with E-state index >= 15 is 0 Å². The van der Waals surface area contributed by atoms with Gasteiger partial charge in [0.2, 0.25) is 5.91 Å². The molecule has 0 saturated carbocycles. The maximum atomic E-state index is 12.6. The second kappa shape index (κ2) is 7.41. The number of rotatable bonds is 3. The van der Waals surface area contributed by atoms with Crippen LogP contribution in [0.2, 0.25) is 0 Å². The molecule has 0 spiro atoms. The smallest absolute Gasteiger partial charge is 0.233 e. The quantitative estimate of drug-likeness (QED) is 0.739. The Hall–Kier alpha value is -1.46. The zero-order chi connectivity index (χ0) is 16.2. The SMILES string of the molecule is CN1CCN(C(=O)CSc2ccc(Br)cc2)Cc2ccccc21. The molecule has 5 heteroatoms. The van der Waals surface area contributed by atoms with Crippen LogP contribution in [0.15, 0.2) is 57.9 Å². The Morgan fingerprint density at radius 2 is 1.87 bits per heavy atom. The third-order valence-corrected chi connectivity index (χ3v) is 5.52. The molecule has 0 radical (unpaired) electrons. The summed E-state index contributed by atoms with van der Waals surface area (Å²) in [5.41, 5.74) is 2.44. The Labute approximate surface area is 149 Å². The van der Waals surface area contributed by atoms with Crippen molar-refractivity contribution >= 4 is 39.3 Å². The Bertz CT molecular complexity index is 690. The number of thioether (sulfide) groups is 1. The van der Waals surface area contributed by atoms with Gasteiger partial charge >= 0.3 is 0 Å². The molecule has 3 rings (SSSR count). The Morgan fingerprint density at radius 1 is 1.13 bits per heavy atom. The summed E-state index contributed by atoms with van der Waals surface area (Å²) < 4.78 is 1.06. The Kier molecular flexibility index (Phi) is 5.28. The number of hydrogen-bond acceptors (Lipinski definition) is 3. The number of benzene rings is 2. The van der Waals surface area contributed by atoms with Gasteiger partial charge in [-0.15, -0.1) is 11.8 Å². The summed E-state index contributed by atoms with van der Waals surface area (Å²) in [7, 11) is 2.09. The first kappa shape index (κ1) is 16.4. The molecule has 0 bridgehead atoms. The number of amides is 1. The number of likely N-dealkylation sites (N-methyl/N-ethyl adjacent to an activating group) is 1. The highest BCUT2D eigenvalue weighted by atomic mass is 79.9. The van der Waals surface area contributed by atoms with E-state index in [-0.39, 0.29) is 5.91 Å². The third-order valence-electron chi connectivity index (χ3n) is 4.00. The molecule has 0 atom stereocenters. The molecule has 0 saturated heterocycles. The molecule has 23 heavy (non-hydrogen) atoms. The molecule has 2 aromatic carbocycles. The molecule has 1 amide bonds. The van der Waals surface area contributed by atoms with Gasteiger partial charge in [-0.3, -0.25) is 4.79 Å². The van der Waals surface area contributed by atoms with Crippen LogP contribution in [0.25, 0.3) is 0 Å². The average molecular weight is 391 g/mol. The van der Waals surface area contributed by atoms with Crippen molar-refractivity contribution < 1.29 is 4.79 Å². The van der Waals surface area contributed by atoms with Crippen LogP contribution in [0, 0.1) is 0 Å². The lowest BCUT2D eigenvalue weighted by molar-refractivity contribution is -0.128. The van der Waals surface area contributed by atoms with Crippen LogP contribution in [-0.2, 0) is 11.3 Å². The fourth-order valence-corrected chi connectivity index (χ4v) is 3.74. The number of carbonyl (C=O) groups is 1. The first-order chi connectivity index (χ1) is 11.1. The molecule has 0 N–H and O–H groups in total. The van der Waals surface area contributed by atoms with Crippen LogP contribution < -0.4 is 4.90 Å². The van der Waals surface area contributed by atoms with E-state index in [0.29, 0.717) is 12.3 Å². The third kappa shape index (κ3) is 4.09. The Balaban J connectivity index is 1.65. The maximum absolute atomic E-state index is 12.6. The van der Waals surface area contributed by atoms with Gasteiger partial charge in [-0.25, -0.2) is 0 Å². The number of hydrogen-bond donors (Lipinski definition) is 0. The lowest BCUT2D eigenvalue weighted by atomic mass is 10.1. The van der Waals surface area contributed by atoms with Gasteiger partial charge in [0, 0.05) is 41.7 Å². The molecular formula is C18H19BrN2OS. The Morgan fingerprint density at radius 3 is 2.65 bits per heavy atom. The number of para-hydroxylation sites is 1. The first-order valence-corrected chi connectivity index (χ1v) is 9.36. The van der Waals surface area contributed by atoms with Gasteiger partial charge in [-0.2, -0.15) is 0 Å². The molecule has 120 valence electrons. The molecule has 0 aliphatic carbocycles. The molecule has 1 aliphatic heterocycles.